The van der Waals surface area contributed by atoms with Gasteiger partial charge in [0.1, 0.15) is 11.4 Å². The summed E-state index contributed by atoms with van der Waals surface area (Å²) in [6.45, 7) is 3.73. The molecule has 1 aliphatic heterocycles. The van der Waals surface area contributed by atoms with E-state index >= 15 is 0 Å². The van der Waals surface area contributed by atoms with Crippen molar-refractivity contribution in [2.45, 2.75) is 45.1 Å². The monoisotopic (exact) mass is 520 g/mol. The van der Waals surface area contributed by atoms with Crippen LogP contribution < -0.4 is 21.1 Å². The normalized spacial score (nSPS) is 17.6. The van der Waals surface area contributed by atoms with Crippen molar-refractivity contribution in [2.24, 2.45) is 5.92 Å². The van der Waals surface area contributed by atoms with E-state index in [1.165, 1.54) is 31.2 Å². The van der Waals surface area contributed by atoms with Crippen molar-refractivity contribution < 1.29 is 13.6 Å². The fourth-order valence-electron chi connectivity index (χ4n) is 5.32. The van der Waals surface area contributed by atoms with E-state index in [1.807, 2.05) is 6.07 Å². The van der Waals surface area contributed by atoms with Gasteiger partial charge in [0.2, 0.25) is 0 Å². The summed E-state index contributed by atoms with van der Waals surface area (Å²) in [6.07, 6.45) is 6.81. The maximum absolute atomic E-state index is 14.3. The molecule has 198 valence electrons. The molecule has 0 radical (unpaired) electrons. The summed E-state index contributed by atoms with van der Waals surface area (Å²) in [4.78, 5) is 27.9. The zero-order valence-corrected chi connectivity index (χ0v) is 21.1. The number of amides is 1. The zero-order chi connectivity index (χ0) is 26.8. The van der Waals surface area contributed by atoms with Gasteiger partial charge in [-0.15, -0.1) is 0 Å². The number of para-hydroxylation sites is 1. The van der Waals surface area contributed by atoms with E-state index in [0.29, 0.717) is 27.9 Å². The molecule has 0 bridgehead atoms. The van der Waals surface area contributed by atoms with Crippen LogP contribution in [0.1, 0.15) is 55.1 Å². The topological polar surface area (TPSA) is 103 Å². The predicted molar refractivity (Wildman–Crippen MR) is 144 cm³/mol. The number of rotatable bonds is 7. The third-order valence-corrected chi connectivity index (χ3v) is 7.25. The highest BCUT2D eigenvalue weighted by molar-refractivity contribution is 6.08. The van der Waals surface area contributed by atoms with Crippen molar-refractivity contribution in [3.8, 4) is 5.69 Å². The van der Waals surface area contributed by atoms with Gasteiger partial charge in [-0.1, -0.05) is 25.8 Å². The van der Waals surface area contributed by atoms with E-state index in [9.17, 15) is 18.4 Å². The Bertz CT molecular complexity index is 1410. The van der Waals surface area contributed by atoms with Crippen molar-refractivity contribution in [1.82, 2.24) is 9.78 Å². The predicted octanol–water partition coefficient (Wildman–Crippen LogP) is 4.96. The Kier molecular flexibility index (Phi) is 7.22. The van der Waals surface area contributed by atoms with Gasteiger partial charge in [-0.05, 0) is 55.5 Å². The molecule has 8 nitrogen and oxygen atoms in total. The second kappa shape index (κ2) is 10.7. The molecule has 2 aromatic carbocycles. The van der Waals surface area contributed by atoms with Crippen LogP contribution in [0.5, 0.6) is 0 Å². The van der Waals surface area contributed by atoms with Gasteiger partial charge in [0, 0.05) is 42.7 Å². The SMILES string of the molecule is C[C@H]1CCN(c2c(NC(=O)c3ccc(=O)n(-c4c(F)cccc4F)n3)ccc(NC3CCCC3)c2C=N)C1. The molecule has 38 heavy (non-hydrogen) atoms. The summed E-state index contributed by atoms with van der Waals surface area (Å²) in [5, 5.41) is 18.6. The van der Waals surface area contributed by atoms with E-state index in [4.69, 9.17) is 5.41 Å². The van der Waals surface area contributed by atoms with Crippen LogP contribution in [-0.4, -0.2) is 41.0 Å². The van der Waals surface area contributed by atoms with Crippen LogP contribution in [0.3, 0.4) is 0 Å². The van der Waals surface area contributed by atoms with Crippen molar-refractivity contribution in [2.75, 3.05) is 28.6 Å². The maximum atomic E-state index is 14.3. The Morgan fingerprint density at radius 1 is 1.03 bits per heavy atom. The Morgan fingerprint density at radius 2 is 1.74 bits per heavy atom. The number of benzene rings is 2. The van der Waals surface area contributed by atoms with E-state index in [0.717, 1.165) is 61.9 Å². The van der Waals surface area contributed by atoms with Crippen LogP contribution >= 0.6 is 0 Å². The highest BCUT2D eigenvalue weighted by Gasteiger charge is 2.27. The molecule has 0 spiro atoms. The molecule has 2 heterocycles. The van der Waals surface area contributed by atoms with E-state index in [-0.39, 0.29) is 5.69 Å². The number of hydrogen-bond acceptors (Lipinski definition) is 6. The van der Waals surface area contributed by atoms with Crippen LogP contribution in [-0.2, 0) is 0 Å². The molecule has 1 saturated heterocycles. The first-order valence-electron chi connectivity index (χ1n) is 12.9. The molecule has 0 unspecified atom stereocenters. The van der Waals surface area contributed by atoms with Gasteiger partial charge < -0.3 is 20.9 Å². The summed E-state index contributed by atoms with van der Waals surface area (Å²) in [5.74, 6) is -2.12. The smallest absolute Gasteiger partial charge is 0.276 e. The molecule has 1 atom stereocenters. The maximum Gasteiger partial charge on any atom is 0.276 e. The van der Waals surface area contributed by atoms with Crippen LogP contribution in [0.2, 0.25) is 0 Å². The Morgan fingerprint density at radius 3 is 2.39 bits per heavy atom. The molecule has 1 aromatic heterocycles. The number of hydrogen-bond donors (Lipinski definition) is 3. The number of anilines is 3. The summed E-state index contributed by atoms with van der Waals surface area (Å²) in [6, 6.07) is 9.50. The van der Waals surface area contributed by atoms with Gasteiger partial charge in [0.15, 0.2) is 11.6 Å². The minimum Gasteiger partial charge on any atom is -0.382 e. The average molecular weight is 521 g/mol. The van der Waals surface area contributed by atoms with Crippen molar-refractivity contribution in [3.05, 3.63) is 75.7 Å². The average Bonchev–Trinajstić information content (AvgIpc) is 3.57. The van der Waals surface area contributed by atoms with Crippen molar-refractivity contribution >= 4 is 29.2 Å². The van der Waals surface area contributed by atoms with Crippen LogP contribution in [0.15, 0.2) is 47.3 Å². The lowest BCUT2D eigenvalue weighted by Crippen LogP contribution is -2.28. The minimum atomic E-state index is -0.969. The van der Waals surface area contributed by atoms with Gasteiger partial charge in [0.05, 0.1) is 11.4 Å². The van der Waals surface area contributed by atoms with E-state index in [2.05, 4.69) is 27.6 Å². The zero-order valence-electron chi connectivity index (χ0n) is 21.1. The first-order valence-corrected chi connectivity index (χ1v) is 12.9. The summed E-state index contributed by atoms with van der Waals surface area (Å²) >= 11 is 0. The van der Waals surface area contributed by atoms with Crippen LogP contribution in [0.25, 0.3) is 5.69 Å². The Labute approximate surface area is 219 Å². The lowest BCUT2D eigenvalue weighted by molar-refractivity contribution is 0.102. The molecular weight excluding hydrogens is 490 g/mol. The van der Waals surface area contributed by atoms with Gasteiger partial charge in [-0.2, -0.15) is 9.78 Å². The molecule has 1 aliphatic carbocycles. The van der Waals surface area contributed by atoms with Crippen molar-refractivity contribution in [3.63, 3.8) is 0 Å². The molecule has 5 rings (SSSR count). The van der Waals surface area contributed by atoms with Crippen LogP contribution in [0, 0.1) is 23.0 Å². The van der Waals surface area contributed by atoms with Crippen molar-refractivity contribution in [1.29, 1.82) is 5.41 Å². The van der Waals surface area contributed by atoms with E-state index in [1.54, 1.807) is 6.07 Å². The fourth-order valence-corrected chi connectivity index (χ4v) is 5.32. The lowest BCUT2D eigenvalue weighted by atomic mass is 10.1. The summed E-state index contributed by atoms with van der Waals surface area (Å²) in [5.41, 5.74) is 1.18. The molecular formula is C28H30F2N6O2. The lowest BCUT2D eigenvalue weighted by Gasteiger charge is -2.27. The van der Waals surface area contributed by atoms with Gasteiger partial charge in [-0.25, -0.2) is 8.78 Å². The Balaban J connectivity index is 1.51. The number of carbonyl (C=O) groups is 1. The molecule has 1 saturated carbocycles. The standard InChI is InChI=1S/C28H30F2N6O2/c1-17-13-14-35(16-17)26-19(15-31)22(32-18-5-2-3-6-18)9-10-23(26)33-28(38)24-11-12-25(37)36(34-24)27-20(29)7-4-8-21(27)30/h4,7-12,15,17-18,31-32H,2-3,5-6,13-14,16H2,1H3,(H,33,38)/t17-/m0/s1. The highest BCUT2D eigenvalue weighted by atomic mass is 19.1. The number of aromatic nitrogens is 2. The Hall–Kier alpha value is -4.08. The minimum absolute atomic E-state index is 0.183. The highest BCUT2D eigenvalue weighted by Crippen LogP contribution is 2.38. The quantitative estimate of drug-likeness (QED) is 0.382. The number of nitrogens with zero attached hydrogens (tertiary/aromatic N) is 3. The van der Waals surface area contributed by atoms with E-state index < -0.39 is 28.8 Å². The summed E-state index contributed by atoms with van der Waals surface area (Å²) in [7, 11) is 0. The van der Waals surface area contributed by atoms with Gasteiger partial charge >= 0.3 is 0 Å². The van der Waals surface area contributed by atoms with Gasteiger partial charge in [-0.3, -0.25) is 9.59 Å². The first-order chi connectivity index (χ1) is 18.4. The number of carbonyl (C=O) groups excluding carboxylic acids is 1. The summed E-state index contributed by atoms with van der Waals surface area (Å²) < 4.78 is 29.2. The molecule has 3 N–H and O–H groups in total. The van der Waals surface area contributed by atoms with Crippen LogP contribution in [0.4, 0.5) is 25.8 Å². The third kappa shape index (κ3) is 5.03. The largest absolute Gasteiger partial charge is 0.382 e. The first kappa shape index (κ1) is 25.6. The number of nitrogens with one attached hydrogen (secondary N) is 3. The third-order valence-electron chi connectivity index (χ3n) is 7.25. The molecule has 2 aliphatic rings. The molecule has 3 aromatic rings. The second-order valence-corrected chi connectivity index (χ2v) is 10.0. The molecule has 10 heteroatoms. The second-order valence-electron chi connectivity index (χ2n) is 10.0. The van der Waals surface area contributed by atoms with Gasteiger partial charge in [0.25, 0.3) is 11.5 Å². The molecule has 2 fully saturated rings. The number of halogens is 2. The fraction of sp³-hybridized carbons (Fsp3) is 0.357. The molecule has 1 amide bonds.